The fraction of sp³-hybridized carbons (Fsp3) is 0.444. The lowest BCUT2D eigenvalue weighted by Gasteiger charge is -2.23. The third-order valence-electron chi connectivity index (χ3n) is 4.42. The number of hydrogen-bond donors (Lipinski definition) is 0. The Hall–Kier alpha value is -1.91. The van der Waals surface area contributed by atoms with Crippen LogP contribution in [-0.2, 0) is 19.0 Å². The van der Waals surface area contributed by atoms with Crippen LogP contribution in [0.3, 0.4) is 0 Å². The molecule has 0 bridgehead atoms. The van der Waals surface area contributed by atoms with Crippen molar-refractivity contribution < 1.29 is 13.2 Å². The van der Waals surface area contributed by atoms with Crippen molar-refractivity contribution >= 4 is 0 Å². The van der Waals surface area contributed by atoms with Crippen LogP contribution in [0, 0.1) is 5.92 Å². The smallest absolute Gasteiger partial charge is 0.236 e. The van der Waals surface area contributed by atoms with Gasteiger partial charge < -0.3 is 0 Å². The molecular formula is C18H19F3N2. The third kappa shape index (κ3) is 3.54. The summed E-state index contributed by atoms with van der Waals surface area (Å²) in [5.41, 5.74) is 2.20. The van der Waals surface area contributed by atoms with Gasteiger partial charge in [0.25, 0.3) is 0 Å². The molecule has 1 aromatic heterocycles. The van der Waals surface area contributed by atoms with Gasteiger partial charge in [-0.2, -0.15) is 13.2 Å². The highest BCUT2D eigenvalue weighted by Gasteiger charge is 2.30. The van der Waals surface area contributed by atoms with Gasteiger partial charge in [0.1, 0.15) is 0 Å². The van der Waals surface area contributed by atoms with Crippen LogP contribution in [0.5, 0.6) is 0 Å². The number of aryl methyl sites for hydroxylation is 1. The maximum Gasteiger partial charge on any atom is 0.416 e. The largest absolute Gasteiger partial charge is 0.416 e. The minimum Gasteiger partial charge on any atom is -0.236 e. The number of hydrogen-bond acceptors (Lipinski definition) is 2. The van der Waals surface area contributed by atoms with E-state index in [4.69, 9.17) is 0 Å². The highest BCUT2D eigenvalue weighted by molar-refractivity contribution is 5.56. The van der Waals surface area contributed by atoms with Crippen LogP contribution in [0.4, 0.5) is 13.2 Å². The third-order valence-corrected chi connectivity index (χ3v) is 4.42. The molecule has 2 nitrogen and oxygen atoms in total. The molecule has 0 aliphatic heterocycles. The first kappa shape index (κ1) is 16.0. The maximum absolute atomic E-state index is 12.6. The summed E-state index contributed by atoms with van der Waals surface area (Å²) in [6, 6.07) is 5.03. The van der Waals surface area contributed by atoms with Crippen molar-refractivity contribution in [2.75, 3.05) is 0 Å². The minimum absolute atomic E-state index is 0.506. The van der Waals surface area contributed by atoms with E-state index in [0.717, 1.165) is 37.1 Å². The fourth-order valence-corrected chi connectivity index (χ4v) is 3.18. The van der Waals surface area contributed by atoms with Gasteiger partial charge in [-0.1, -0.05) is 31.9 Å². The lowest BCUT2D eigenvalue weighted by molar-refractivity contribution is -0.137. The van der Waals surface area contributed by atoms with Crippen LogP contribution in [0.2, 0.25) is 0 Å². The molecule has 1 atom stereocenters. The maximum atomic E-state index is 12.6. The molecular weight excluding hydrogens is 301 g/mol. The lowest BCUT2D eigenvalue weighted by atomic mass is 9.84. The van der Waals surface area contributed by atoms with Gasteiger partial charge in [-0.25, -0.2) is 9.97 Å². The second kappa shape index (κ2) is 6.30. The number of benzene rings is 1. The molecule has 0 fully saturated rings. The molecule has 1 heterocycles. The van der Waals surface area contributed by atoms with Gasteiger partial charge in [-0.3, -0.25) is 0 Å². The van der Waals surface area contributed by atoms with Crippen molar-refractivity contribution in [1.29, 1.82) is 0 Å². The average molecular weight is 320 g/mol. The molecule has 1 aliphatic rings. The van der Waals surface area contributed by atoms with Crippen molar-refractivity contribution in [3.05, 3.63) is 47.3 Å². The van der Waals surface area contributed by atoms with Crippen molar-refractivity contribution in [2.45, 2.75) is 45.2 Å². The zero-order valence-corrected chi connectivity index (χ0v) is 13.0. The predicted molar refractivity (Wildman–Crippen MR) is 82.9 cm³/mol. The molecule has 0 saturated heterocycles. The summed E-state index contributed by atoms with van der Waals surface area (Å²) < 4.78 is 37.8. The molecule has 0 amide bonds. The molecule has 1 unspecified atom stereocenters. The van der Waals surface area contributed by atoms with E-state index < -0.39 is 11.7 Å². The van der Waals surface area contributed by atoms with E-state index in [1.165, 1.54) is 30.5 Å². The zero-order valence-electron chi connectivity index (χ0n) is 13.0. The monoisotopic (exact) mass is 320 g/mol. The first-order valence-electron chi connectivity index (χ1n) is 7.99. The van der Waals surface area contributed by atoms with Gasteiger partial charge in [0.2, 0.25) is 0 Å². The Morgan fingerprint density at radius 2 is 1.91 bits per heavy atom. The Morgan fingerprint density at radius 3 is 2.57 bits per heavy atom. The molecule has 3 rings (SSSR count). The average Bonchev–Trinajstić information content (AvgIpc) is 2.54. The SMILES string of the molecule is CCCC1CCc2nc(-c3ccc(C(F)(F)F)cc3)ncc2C1. The van der Waals surface area contributed by atoms with Crippen molar-refractivity contribution in [1.82, 2.24) is 9.97 Å². The van der Waals surface area contributed by atoms with Crippen molar-refractivity contribution in [2.24, 2.45) is 5.92 Å². The Labute approximate surface area is 133 Å². The second-order valence-electron chi connectivity index (χ2n) is 6.14. The van der Waals surface area contributed by atoms with E-state index >= 15 is 0 Å². The first-order valence-corrected chi connectivity index (χ1v) is 7.99. The lowest BCUT2D eigenvalue weighted by Crippen LogP contribution is -2.16. The quantitative estimate of drug-likeness (QED) is 0.789. The summed E-state index contributed by atoms with van der Waals surface area (Å²) >= 11 is 0. The van der Waals surface area contributed by atoms with Crippen LogP contribution in [0.15, 0.2) is 30.5 Å². The molecule has 23 heavy (non-hydrogen) atoms. The summed E-state index contributed by atoms with van der Waals surface area (Å²) in [6.45, 7) is 2.19. The Morgan fingerprint density at radius 1 is 1.17 bits per heavy atom. The number of aromatic nitrogens is 2. The highest BCUT2D eigenvalue weighted by atomic mass is 19.4. The van der Waals surface area contributed by atoms with Gasteiger partial charge >= 0.3 is 6.18 Å². The van der Waals surface area contributed by atoms with E-state index in [9.17, 15) is 13.2 Å². The molecule has 0 spiro atoms. The molecule has 5 heteroatoms. The van der Waals surface area contributed by atoms with E-state index in [-0.39, 0.29) is 0 Å². The molecule has 1 aliphatic carbocycles. The topological polar surface area (TPSA) is 25.8 Å². The number of rotatable bonds is 3. The van der Waals surface area contributed by atoms with E-state index in [0.29, 0.717) is 17.3 Å². The summed E-state index contributed by atoms with van der Waals surface area (Å²) in [5.74, 6) is 1.21. The van der Waals surface area contributed by atoms with Crippen LogP contribution in [-0.4, -0.2) is 9.97 Å². The molecule has 0 saturated carbocycles. The minimum atomic E-state index is -4.32. The molecule has 122 valence electrons. The van der Waals surface area contributed by atoms with Crippen LogP contribution >= 0.6 is 0 Å². The number of halogens is 3. The first-order chi connectivity index (χ1) is 11.0. The van der Waals surface area contributed by atoms with Crippen LogP contribution in [0.1, 0.15) is 43.0 Å². The number of nitrogens with zero attached hydrogens (tertiary/aromatic N) is 2. The molecule has 0 radical (unpaired) electrons. The Kier molecular flexibility index (Phi) is 4.37. The summed E-state index contributed by atoms with van der Waals surface area (Å²) in [5, 5.41) is 0. The number of fused-ring (bicyclic) bond motifs is 1. The van der Waals surface area contributed by atoms with Gasteiger partial charge in [0.15, 0.2) is 5.82 Å². The standard InChI is InChI=1S/C18H19F3N2/c1-2-3-12-4-9-16-14(10-12)11-22-17(23-16)13-5-7-15(8-6-13)18(19,20)21/h5-8,11-12H,2-4,9-10H2,1H3. The van der Waals surface area contributed by atoms with Gasteiger partial charge in [-0.15, -0.1) is 0 Å². The molecule has 2 aromatic rings. The Balaban J connectivity index is 1.82. The summed E-state index contributed by atoms with van der Waals surface area (Å²) in [6.07, 6.45) is 3.00. The summed E-state index contributed by atoms with van der Waals surface area (Å²) in [4.78, 5) is 8.93. The van der Waals surface area contributed by atoms with E-state index in [1.807, 2.05) is 6.20 Å². The molecule has 0 N–H and O–H groups in total. The molecule has 1 aromatic carbocycles. The normalized spacial score (nSPS) is 17.8. The van der Waals surface area contributed by atoms with Crippen LogP contribution < -0.4 is 0 Å². The highest BCUT2D eigenvalue weighted by Crippen LogP contribution is 2.31. The van der Waals surface area contributed by atoms with E-state index in [2.05, 4.69) is 16.9 Å². The van der Waals surface area contributed by atoms with Gasteiger partial charge in [0, 0.05) is 17.5 Å². The second-order valence-corrected chi connectivity index (χ2v) is 6.14. The zero-order chi connectivity index (χ0) is 16.4. The van der Waals surface area contributed by atoms with Crippen molar-refractivity contribution in [3.63, 3.8) is 0 Å². The van der Waals surface area contributed by atoms with E-state index in [1.54, 1.807) is 0 Å². The summed E-state index contributed by atoms with van der Waals surface area (Å²) in [7, 11) is 0. The van der Waals surface area contributed by atoms with Crippen molar-refractivity contribution in [3.8, 4) is 11.4 Å². The Bertz CT molecular complexity index is 678. The van der Waals surface area contributed by atoms with Gasteiger partial charge in [0.05, 0.1) is 5.56 Å². The van der Waals surface area contributed by atoms with Crippen LogP contribution in [0.25, 0.3) is 11.4 Å². The fourth-order valence-electron chi connectivity index (χ4n) is 3.18. The number of alkyl halides is 3. The predicted octanol–water partition coefficient (Wildman–Crippen LogP) is 5.07. The van der Waals surface area contributed by atoms with Gasteiger partial charge in [-0.05, 0) is 42.9 Å².